The molecular formula is C6H3Br2ClN2O2. The van der Waals surface area contributed by atoms with Gasteiger partial charge in [-0.1, -0.05) is 43.5 Å². The predicted octanol–water partition coefficient (Wildman–Crippen LogP) is 3.43. The third kappa shape index (κ3) is 2.62. The van der Waals surface area contributed by atoms with Crippen molar-refractivity contribution in [3.63, 3.8) is 0 Å². The van der Waals surface area contributed by atoms with Gasteiger partial charge in [0, 0.05) is 17.8 Å². The maximum Gasteiger partial charge on any atom is 0.306 e. The summed E-state index contributed by atoms with van der Waals surface area (Å²) in [7, 11) is 0. The minimum absolute atomic E-state index is 0.102. The van der Waals surface area contributed by atoms with E-state index in [4.69, 9.17) is 11.6 Å². The summed E-state index contributed by atoms with van der Waals surface area (Å²) >= 11 is 11.9. The molecule has 4 nitrogen and oxygen atoms in total. The standard InChI is InChI=1S/C6H3Br2ClN2O2/c7-5(8)3-1-4(11(12)13)6(9)10-2-3/h1-2,5H. The van der Waals surface area contributed by atoms with Crippen LogP contribution in [-0.4, -0.2) is 9.91 Å². The zero-order valence-corrected chi connectivity index (χ0v) is 10.0. The molecule has 1 heterocycles. The van der Waals surface area contributed by atoms with Crippen molar-refractivity contribution in [3.8, 4) is 0 Å². The number of nitrogens with zero attached hydrogens (tertiary/aromatic N) is 2. The van der Waals surface area contributed by atoms with Crippen LogP contribution in [0.2, 0.25) is 5.15 Å². The summed E-state index contributed by atoms with van der Waals surface area (Å²) in [6.45, 7) is 0. The van der Waals surface area contributed by atoms with Gasteiger partial charge in [-0.25, -0.2) is 4.98 Å². The number of nitro groups is 1. The van der Waals surface area contributed by atoms with Crippen molar-refractivity contribution in [1.29, 1.82) is 0 Å². The molecule has 70 valence electrons. The summed E-state index contributed by atoms with van der Waals surface area (Å²) in [5.41, 5.74) is 0.458. The van der Waals surface area contributed by atoms with E-state index in [0.717, 1.165) is 0 Å². The Morgan fingerprint density at radius 3 is 2.69 bits per heavy atom. The van der Waals surface area contributed by atoms with E-state index in [1.54, 1.807) is 0 Å². The molecule has 0 aliphatic heterocycles. The van der Waals surface area contributed by atoms with Crippen molar-refractivity contribution in [1.82, 2.24) is 4.98 Å². The lowest BCUT2D eigenvalue weighted by molar-refractivity contribution is -0.385. The van der Waals surface area contributed by atoms with Gasteiger partial charge in [-0.15, -0.1) is 0 Å². The van der Waals surface area contributed by atoms with Crippen molar-refractivity contribution in [2.24, 2.45) is 0 Å². The Hall–Kier alpha value is -0.200. The van der Waals surface area contributed by atoms with E-state index in [1.807, 2.05) is 0 Å². The van der Waals surface area contributed by atoms with Gasteiger partial charge in [-0.3, -0.25) is 10.1 Å². The zero-order chi connectivity index (χ0) is 10.0. The lowest BCUT2D eigenvalue weighted by Gasteiger charge is -2.01. The highest BCUT2D eigenvalue weighted by atomic mass is 79.9. The molecule has 0 saturated heterocycles. The van der Waals surface area contributed by atoms with E-state index in [2.05, 4.69) is 36.8 Å². The smallest absolute Gasteiger partial charge is 0.258 e. The van der Waals surface area contributed by atoms with Crippen LogP contribution >= 0.6 is 43.5 Å². The first-order valence-electron chi connectivity index (χ1n) is 3.10. The van der Waals surface area contributed by atoms with Crippen LogP contribution in [0.1, 0.15) is 9.30 Å². The number of hydrogen-bond acceptors (Lipinski definition) is 3. The van der Waals surface area contributed by atoms with Gasteiger partial charge >= 0.3 is 5.69 Å². The van der Waals surface area contributed by atoms with Crippen molar-refractivity contribution in [2.75, 3.05) is 0 Å². The number of hydrogen-bond donors (Lipinski definition) is 0. The minimum Gasteiger partial charge on any atom is -0.258 e. The Balaban J connectivity index is 3.19. The average molecular weight is 330 g/mol. The molecule has 0 aliphatic rings. The lowest BCUT2D eigenvalue weighted by Crippen LogP contribution is -1.93. The molecule has 0 spiro atoms. The first kappa shape index (κ1) is 10.9. The average Bonchev–Trinajstić information content (AvgIpc) is 2.04. The second kappa shape index (κ2) is 4.34. The minimum atomic E-state index is -0.568. The summed E-state index contributed by atoms with van der Waals surface area (Å²) in [6.07, 6.45) is 1.46. The van der Waals surface area contributed by atoms with Crippen molar-refractivity contribution in [3.05, 3.63) is 33.1 Å². The lowest BCUT2D eigenvalue weighted by atomic mass is 10.3. The topological polar surface area (TPSA) is 56.0 Å². The van der Waals surface area contributed by atoms with Crippen molar-refractivity contribution in [2.45, 2.75) is 3.74 Å². The summed E-state index contributed by atoms with van der Waals surface area (Å²) < 4.78 is -0.163. The molecule has 0 aromatic carbocycles. The summed E-state index contributed by atoms with van der Waals surface area (Å²) in [5.74, 6) is 0. The van der Waals surface area contributed by atoms with Crippen LogP contribution in [0.15, 0.2) is 12.3 Å². The van der Waals surface area contributed by atoms with Gasteiger partial charge in [0.1, 0.15) is 0 Å². The molecule has 13 heavy (non-hydrogen) atoms. The molecule has 0 radical (unpaired) electrons. The van der Waals surface area contributed by atoms with Gasteiger partial charge in [-0.2, -0.15) is 0 Å². The van der Waals surface area contributed by atoms with Gasteiger partial charge in [-0.05, 0) is 0 Å². The Morgan fingerprint density at radius 2 is 2.23 bits per heavy atom. The summed E-state index contributed by atoms with van der Waals surface area (Å²) in [6, 6.07) is 1.36. The fraction of sp³-hybridized carbons (Fsp3) is 0.167. The Morgan fingerprint density at radius 1 is 1.62 bits per heavy atom. The second-order valence-electron chi connectivity index (χ2n) is 2.14. The van der Waals surface area contributed by atoms with Gasteiger partial charge in [0.15, 0.2) is 0 Å². The number of pyridine rings is 1. The second-order valence-corrected chi connectivity index (χ2v) is 5.55. The maximum absolute atomic E-state index is 10.4. The highest BCUT2D eigenvalue weighted by molar-refractivity contribution is 9.24. The number of halogens is 3. The normalized spacial score (nSPS) is 10.5. The number of aromatic nitrogens is 1. The molecule has 0 bridgehead atoms. The fourth-order valence-electron chi connectivity index (χ4n) is 0.699. The van der Waals surface area contributed by atoms with Crippen LogP contribution in [0, 0.1) is 10.1 Å². The number of alkyl halides is 2. The zero-order valence-electron chi connectivity index (χ0n) is 6.08. The van der Waals surface area contributed by atoms with E-state index in [0.29, 0.717) is 5.56 Å². The van der Waals surface area contributed by atoms with Crippen molar-refractivity contribution >= 4 is 49.1 Å². The van der Waals surface area contributed by atoms with Crippen LogP contribution in [0.5, 0.6) is 0 Å². The van der Waals surface area contributed by atoms with Crippen LogP contribution in [0.25, 0.3) is 0 Å². The van der Waals surface area contributed by atoms with E-state index in [-0.39, 0.29) is 14.6 Å². The van der Waals surface area contributed by atoms with Crippen LogP contribution in [0.4, 0.5) is 5.69 Å². The van der Waals surface area contributed by atoms with Crippen molar-refractivity contribution < 1.29 is 4.92 Å². The summed E-state index contributed by atoms with van der Waals surface area (Å²) in [5, 5.41) is 10.3. The molecule has 1 aromatic rings. The molecule has 0 unspecified atom stereocenters. The summed E-state index contributed by atoms with van der Waals surface area (Å²) in [4.78, 5) is 13.6. The van der Waals surface area contributed by atoms with Gasteiger partial charge in [0.05, 0.1) is 8.66 Å². The molecule has 0 fully saturated rings. The molecule has 0 amide bonds. The molecule has 0 saturated carbocycles. The van der Waals surface area contributed by atoms with Gasteiger partial charge in [0.2, 0.25) is 5.15 Å². The molecule has 1 rings (SSSR count). The Bertz CT molecular complexity index is 345. The first-order chi connectivity index (χ1) is 6.02. The van der Waals surface area contributed by atoms with Gasteiger partial charge in [0.25, 0.3) is 0 Å². The Kier molecular flexibility index (Phi) is 3.63. The predicted molar refractivity (Wildman–Crippen MR) is 56.5 cm³/mol. The van der Waals surface area contributed by atoms with Crippen LogP contribution in [0.3, 0.4) is 0 Å². The van der Waals surface area contributed by atoms with E-state index < -0.39 is 4.92 Å². The fourth-order valence-corrected chi connectivity index (χ4v) is 1.37. The monoisotopic (exact) mass is 328 g/mol. The first-order valence-corrected chi connectivity index (χ1v) is 5.31. The molecule has 0 atom stereocenters. The van der Waals surface area contributed by atoms with Gasteiger partial charge < -0.3 is 0 Å². The highest BCUT2D eigenvalue weighted by Crippen LogP contribution is 2.32. The van der Waals surface area contributed by atoms with Crippen LogP contribution < -0.4 is 0 Å². The molecule has 7 heteroatoms. The molecule has 0 N–H and O–H groups in total. The van der Waals surface area contributed by atoms with E-state index in [1.165, 1.54) is 12.3 Å². The third-order valence-corrected chi connectivity index (χ3v) is 2.64. The molecule has 1 aromatic heterocycles. The largest absolute Gasteiger partial charge is 0.306 e. The molecule has 0 aliphatic carbocycles. The third-order valence-electron chi connectivity index (χ3n) is 1.29. The quantitative estimate of drug-likeness (QED) is 0.361. The maximum atomic E-state index is 10.4. The van der Waals surface area contributed by atoms with E-state index in [9.17, 15) is 10.1 Å². The number of rotatable bonds is 2. The Labute approximate surface area is 95.7 Å². The van der Waals surface area contributed by atoms with E-state index >= 15 is 0 Å². The van der Waals surface area contributed by atoms with Crippen LogP contribution in [-0.2, 0) is 0 Å². The SMILES string of the molecule is O=[N+]([O-])c1cc(C(Br)Br)cnc1Cl. The highest BCUT2D eigenvalue weighted by Gasteiger charge is 2.16. The molecular weight excluding hydrogens is 327 g/mol.